The summed E-state index contributed by atoms with van der Waals surface area (Å²) in [6.07, 6.45) is 1.97. The Hall–Kier alpha value is -2.59. The maximum atomic E-state index is 14.1. The molecule has 2 saturated heterocycles. The third kappa shape index (κ3) is 3.86. The van der Waals surface area contributed by atoms with Crippen LogP contribution in [0.15, 0.2) is 48.0 Å². The molecule has 2 aliphatic heterocycles. The van der Waals surface area contributed by atoms with E-state index in [9.17, 15) is 24.3 Å². The van der Waals surface area contributed by atoms with Crippen molar-refractivity contribution in [1.82, 2.24) is 4.90 Å². The normalized spacial score (nSPS) is 32.1. The third-order valence-electron chi connectivity index (χ3n) is 9.05. The Kier molecular flexibility index (Phi) is 7.20. The molecule has 2 aromatic rings. The van der Waals surface area contributed by atoms with Gasteiger partial charge in [0.2, 0.25) is 11.8 Å². The summed E-state index contributed by atoms with van der Waals surface area (Å²) in [5.41, 5.74) is 2.20. The minimum Gasteiger partial charge on any atom is -0.504 e. The molecule has 1 N–H and O–H groups in total. The fourth-order valence-electron chi connectivity index (χ4n) is 7.08. The maximum absolute atomic E-state index is 14.1. The Balaban J connectivity index is 1.52. The molecular formula is C30H26BrCl3N2O6. The van der Waals surface area contributed by atoms with E-state index < -0.39 is 51.1 Å². The van der Waals surface area contributed by atoms with Gasteiger partial charge in [0.25, 0.3) is 11.8 Å². The lowest BCUT2D eigenvalue weighted by atomic mass is 9.56. The lowest BCUT2D eigenvalue weighted by Gasteiger charge is -2.50. The number of amides is 4. The zero-order valence-electron chi connectivity index (χ0n) is 22.6. The van der Waals surface area contributed by atoms with Crippen molar-refractivity contribution in [3.05, 3.63) is 64.2 Å². The van der Waals surface area contributed by atoms with Gasteiger partial charge in [0.1, 0.15) is 0 Å². The van der Waals surface area contributed by atoms with Crippen LogP contribution in [0.2, 0.25) is 5.02 Å². The maximum Gasteiger partial charge on any atom is 0.254 e. The standard InChI is InChI=1S/C30H26BrCl3N2O6/c1-3-42-22-10-15(5-9-21(22)37)24-17-7-8-18-23(26(39)36(25(18)38)16-6-4-14(2)20(32)11-16)19(17)12-29(33)27(40)35(13-31)28(41)30(24,29)34/h4-7,9-11,18-19,23-24,37H,3,8,12-13H2,1-2H3/t18-,19+,23-,24-,29+,30-/m0/s1. The van der Waals surface area contributed by atoms with E-state index in [1.807, 2.05) is 13.0 Å². The fraction of sp³-hybridized carbons (Fsp3) is 0.400. The molecule has 4 amide bonds. The van der Waals surface area contributed by atoms with E-state index >= 15 is 0 Å². The van der Waals surface area contributed by atoms with Gasteiger partial charge >= 0.3 is 0 Å². The van der Waals surface area contributed by atoms with Gasteiger partial charge in [-0.15, -0.1) is 23.2 Å². The summed E-state index contributed by atoms with van der Waals surface area (Å²) < 4.78 is 5.61. The summed E-state index contributed by atoms with van der Waals surface area (Å²) in [6.45, 7) is 3.86. The predicted molar refractivity (Wildman–Crippen MR) is 161 cm³/mol. The molecule has 6 atom stereocenters. The Bertz CT molecular complexity index is 1600. The van der Waals surface area contributed by atoms with Crippen molar-refractivity contribution in [2.45, 2.75) is 42.4 Å². The lowest BCUT2D eigenvalue weighted by molar-refractivity contribution is -0.138. The van der Waals surface area contributed by atoms with E-state index in [1.54, 1.807) is 37.3 Å². The first-order valence-electron chi connectivity index (χ1n) is 13.5. The number of allylic oxidation sites excluding steroid dienone is 2. The monoisotopic (exact) mass is 694 g/mol. The average molecular weight is 697 g/mol. The number of hydrogen-bond donors (Lipinski definition) is 1. The first kappa shape index (κ1) is 29.5. The zero-order chi connectivity index (χ0) is 30.3. The molecule has 0 spiro atoms. The van der Waals surface area contributed by atoms with Gasteiger partial charge in [0.05, 0.1) is 29.6 Å². The molecule has 0 radical (unpaired) electrons. The second-order valence-corrected chi connectivity index (χ2v) is 13.2. The summed E-state index contributed by atoms with van der Waals surface area (Å²) in [5, 5.41) is 10.8. The topological polar surface area (TPSA) is 104 Å². The number of halogens is 4. The van der Waals surface area contributed by atoms with Crippen LogP contribution in [0.4, 0.5) is 5.69 Å². The average Bonchev–Trinajstić information content (AvgIpc) is 3.29. The van der Waals surface area contributed by atoms with Crippen molar-refractivity contribution in [2.24, 2.45) is 17.8 Å². The number of rotatable bonds is 5. The van der Waals surface area contributed by atoms with Crippen molar-refractivity contribution in [3.8, 4) is 11.5 Å². The Morgan fingerprint density at radius 2 is 1.79 bits per heavy atom. The molecule has 3 fully saturated rings. The highest BCUT2D eigenvalue weighted by Gasteiger charge is 2.76. The summed E-state index contributed by atoms with van der Waals surface area (Å²) in [4.78, 5) is 53.8. The van der Waals surface area contributed by atoms with E-state index in [1.165, 1.54) is 6.07 Å². The van der Waals surface area contributed by atoms with Crippen molar-refractivity contribution in [2.75, 3.05) is 17.0 Å². The van der Waals surface area contributed by atoms with Crippen LogP contribution in [0, 0.1) is 24.7 Å². The number of imide groups is 2. The Morgan fingerprint density at radius 1 is 1.05 bits per heavy atom. The minimum atomic E-state index is -1.94. The summed E-state index contributed by atoms with van der Waals surface area (Å²) >= 11 is 24.1. The fourth-order valence-corrected chi connectivity index (χ4v) is 8.68. The Morgan fingerprint density at radius 3 is 2.45 bits per heavy atom. The predicted octanol–water partition coefficient (Wildman–Crippen LogP) is 5.67. The molecule has 220 valence electrons. The Labute approximate surface area is 265 Å². The van der Waals surface area contributed by atoms with Crippen LogP contribution in [-0.4, -0.2) is 55.4 Å². The highest BCUT2D eigenvalue weighted by molar-refractivity contribution is 9.09. The van der Waals surface area contributed by atoms with E-state index in [4.69, 9.17) is 39.5 Å². The number of phenolic OH excluding ortho intramolecular Hbond substituents is 1. The van der Waals surface area contributed by atoms with Gasteiger partial charge in [-0.2, -0.15) is 0 Å². The number of hydrogen-bond acceptors (Lipinski definition) is 6. The summed E-state index contributed by atoms with van der Waals surface area (Å²) in [5.74, 6) is -5.19. The van der Waals surface area contributed by atoms with Gasteiger partial charge in [0, 0.05) is 10.9 Å². The highest BCUT2D eigenvalue weighted by atomic mass is 79.9. The molecule has 6 rings (SSSR count). The second-order valence-electron chi connectivity index (χ2n) is 11.1. The third-order valence-corrected chi connectivity index (χ3v) is 11.4. The molecule has 0 aromatic heterocycles. The van der Waals surface area contributed by atoms with Crippen LogP contribution >= 0.6 is 50.7 Å². The number of nitrogens with zero attached hydrogens (tertiary/aromatic N) is 2. The van der Waals surface area contributed by atoms with Crippen molar-refractivity contribution in [3.63, 3.8) is 0 Å². The number of ether oxygens (including phenoxy) is 1. The van der Waals surface area contributed by atoms with Crippen LogP contribution in [0.1, 0.15) is 36.8 Å². The van der Waals surface area contributed by atoms with Crippen LogP contribution in [0.5, 0.6) is 11.5 Å². The highest BCUT2D eigenvalue weighted by Crippen LogP contribution is 2.65. The smallest absolute Gasteiger partial charge is 0.254 e. The lowest BCUT2D eigenvalue weighted by Crippen LogP contribution is -2.60. The van der Waals surface area contributed by atoms with Crippen molar-refractivity contribution in [1.29, 1.82) is 0 Å². The minimum absolute atomic E-state index is 0.105. The number of phenols is 1. The number of alkyl halides is 3. The van der Waals surface area contributed by atoms with E-state index in [-0.39, 0.29) is 42.3 Å². The number of aromatic hydroxyl groups is 1. The first-order chi connectivity index (χ1) is 19.9. The first-order valence-corrected chi connectivity index (χ1v) is 15.8. The quantitative estimate of drug-likeness (QED) is 0.187. The zero-order valence-corrected chi connectivity index (χ0v) is 26.4. The van der Waals surface area contributed by atoms with E-state index in [2.05, 4.69) is 15.9 Å². The van der Waals surface area contributed by atoms with Crippen LogP contribution in [0.25, 0.3) is 0 Å². The van der Waals surface area contributed by atoms with Crippen LogP contribution in [-0.2, 0) is 19.2 Å². The number of carbonyl (C=O) groups is 4. The second kappa shape index (κ2) is 10.3. The molecule has 8 nitrogen and oxygen atoms in total. The van der Waals surface area contributed by atoms with Crippen molar-refractivity contribution >= 4 is 80.0 Å². The van der Waals surface area contributed by atoms with Gasteiger partial charge in [-0.05, 0) is 68.0 Å². The number of fused-ring (bicyclic) bond motifs is 4. The molecule has 0 unspecified atom stereocenters. The van der Waals surface area contributed by atoms with Crippen LogP contribution in [0.3, 0.4) is 0 Å². The SMILES string of the molecule is CCOc1cc([C@H]2C3=CC[C@@H]4C(=O)N(c5ccc(C)c(Cl)c5)C(=O)[C@@H]4[C@@H]3C[C@@]3(Cl)C(=O)N(CBr)C(=O)[C@@]23Cl)ccc1O. The molecule has 2 aliphatic carbocycles. The van der Waals surface area contributed by atoms with Gasteiger partial charge in [-0.3, -0.25) is 24.1 Å². The number of benzene rings is 2. The molecule has 0 bridgehead atoms. The van der Waals surface area contributed by atoms with Gasteiger partial charge < -0.3 is 9.84 Å². The van der Waals surface area contributed by atoms with Gasteiger partial charge in [0.15, 0.2) is 21.2 Å². The van der Waals surface area contributed by atoms with Crippen molar-refractivity contribution < 1.29 is 29.0 Å². The number of anilines is 1. The summed E-state index contributed by atoms with van der Waals surface area (Å²) in [6, 6.07) is 9.64. The largest absolute Gasteiger partial charge is 0.504 e. The van der Waals surface area contributed by atoms with E-state index in [0.717, 1.165) is 15.4 Å². The van der Waals surface area contributed by atoms with Gasteiger partial charge in [-0.25, -0.2) is 4.90 Å². The van der Waals surface area contributed by atoms with Crippen LogP contribution < -0.4 is 9.64 Å². The molecule has 1 saturated carbocycles. The number of carbonyl (C=O) groups excluding carboxylic acids is 4. The van der Waals surface area contributed by atoms with E-state index in [0.29, 0.717) is 21.8 Å². The molecule has 12 heteroatoms. The molecule has 4 aliphatic rings. The molecule has 2 heterocycles. The molecule has 2 aromatic carbocycles. The molecular weight excluding hydrogens is 671 g/mol. The number of aryl methyl sites for hydroxylation is 1. The number of likely N-dealkylation sites (tertiary alicyclic amines) is 1. The van der Waals surface area contributed by atoms with Gasteiger partial charge in [-0.1, -0.05) is 51.3 Å². The summed E-state index contributed by atoms with van der Waals surface area (Å²) in [7, 11) is 0. The molecule has 42 heavy (non-hydrogen) atoms.